The number of hydrogen-bond donors (Lipinski definition) is 1. The van der Waals surface area contributed by atoms with E-state index in [9.17, 15) is 4.39 Å². The lowest BCUT2D eigenvalue weighted by Crippen LogP contribution is -2.15. The van der Waals surface area contributed by atoms with Crippen LogP contribution in [0.2, 0.25) is 0 Å². The second-order valence-electron chi connectivity index (χ2n) is 2.80. The predicted octanol–water partition coefficient (Wildman–Crippen LogP) is 4.55. The van der Waals surface area contributed by atoms with E-state index in [0.29, 0.717) is 0 Å². The molecule has 0 aromatic heterocycles. The molecule has 1 atom stereocenters. The van der Waals surface area contributed by atoms with E-state index < -0.39 is 0 Å². The summed E-state index contributed by atoms with van der Waals surface area (Å²) in [5.41, 5.74) is 1.01. The zero-order chi connectivity index (χ0) is 13.0. The molecule has 94 valence electrons. The molecule has 0 bridgehead atoms. The van der Waals surface area contributed by atoms with Gasteiger partial charge in [-0.3, -0.25) is 0 Å². The zero-order valence-corrected chi connectivity index (χ0v) is 11.5. The molecule has 0 saturated carbocycles. The molecule has 0 aliphatic carbocycles. The van der Waals surface area contributed by atoms with Crippen molar-refractivity contribution in [1.82, 2.24) is 5.32 Å². The number of halogens is 1. The van der Waals surface area contributed by atoms with Crippen LogP contribution >= 0.6 is 0 Å². The molecular formula is C14H26FN. The van der Waals surface area contributed by atoms with Crippen molar-refractivity contribution >= 4 is 0 Å². The van der Waals surface area contributed by atoms with Crippen LogP contribution in [0.1, 0.15) is 52.6 Å². The Morgan fingerprint density at radius 3 is 2.12 bits per heavy atom. The number of nitrogens with one attached hydrogen (secondary N) is 1. The molecule has 0 amide bonds. The minimum atomic E-state index is -0.166. The van der Waals surface area contributed by atoms with E-state index in [0.717, 1.165) is 12.0 Å². The highest BCUT2D eigenvalue weighted by Gasteiger charge is 2.05. The molecule has 0 radical (unpaired) electrons. The van der Waals surface area contributed by atoms with Crippen LogP contribution in [0, 0.1) is 5.82 Å². The molecule has 0 saturated heterocycles. The molecule has 1 unspecified atom stereocenters. The van der Waals surface area contributed by atoms with Crippen LogP contribution < -0.4 is 5.32 Å². The third-order valence-corrected chi connectivity index (χ3v) is 2.01. The van der Waals surface area contributed by atoms with Crippen molar-refractivity contribution in [2.24, 2.45) is 0 Å². The summed E-state index contributed by atoms with van der Waals surface area (Å²) in [5, 5.41) is 3.13. The highest BCUT2D eigenvalue weighted by Crippen LogP contribution is 2.16. The maximum absolute atomic E-state index is 12.8. The highest BCUT2D eigenvalue weighted by atomic mass is 19.1. The summed E-state index contributed by atoms with van der Waals surface area (Å²) in [4.78, 5) is 0. The molecule has 2 heteroatoms. The van der Waals surface area contributed by atoms with Crippen LogP contribution in [0.4, 0.5) is 4.39 Å². The average Bonchev–Trinajstić information content (AvgIpc) is 2.36. The molecule has 1 aromatic carbocycles. The van der Waals surface area contributed by atoms with Crippen molar-refractivity contribution in [3.63, 3.8) is 0 Å². The molecule has 1 N–H and O–H groups in total. The Hall–Kier alpha value is -0.890. The second-order valence-corrected chi connectivity index (χ2v) is 2.80. The SMILES string of the molecule is CC.CC.CCC(NC)c1cccc(F)c1. The van der Waals surface area contributed by atoms with Crippen molar-refractivity contribution in [3.8, 4) is 0 Å². The topological polar surface area (TPSA) is 12.0 Å². The summed E-state index contributed by atoms with van der Waals surface area (Å²) in [6.45, 7) is 10.1. The van der Waals surface area contributed by atoms with E-state index in [2.05, 4.69) is 12.2 Å². The summed E-state index contributed by atoms with van der Waals surface area (Å²) in [6, 6.07) is 6.98. The molecule has 1 rings (SSSR count). The van der Waals surface area contributed by atoms with Crippen LogP contribution in [0.25, 0.3) is 0 Å². The van der Waals surface area contributed by atoms with Gasteiger partial charge in [-0.25, -0.2) is 4.39 Å². The maximum atomic E-state index is 12.8. The monoisotopic (exact) mass is 227 g/mol. The average molecular weight is 227 g/mol. The molecule has 1 aromatic rings. The summed E-state index contributed by atoms with van der Waals surface area (Å²) in [5.74, 6) is -0.166. The van der Waals surface area contributed by atoms with Gasteiger partial charge in [0.25, 0.3) is 0 Å². The zero-order valence-electron chi connectivity index (χ0n) is 11.5. The maximum Gasteiger partial charge on any atom is 0.123 e. The number of hydrogen-bond acceptors (Lipinski definition) is 1. The number of rotatable bonds is 3. The fraction of sp³-hybridized carbons (Fsp3) is 0.571. The molecule has 0 spiro atoms. The Balaban J connectivity index is 0. The van der Waals surface area contributed by atoms with Gasteiger partial charge in [0.2, 0.25) is 0 Å². The van der Waals surface area contributed by atoms with Gasteiger partial charge < -0.3 is 5.32 Å². The molecule has 0 aliphatic heterocycles. The van der Waals surface area contributed by atoms with Crippen molar-refractivity contribution in [2.45, 2.75) is 47.1 Å². The Labute approximate surface area is 100 Å². The Morgan fingerprint density at radius 1 is 1.19 bits per heavy atom. The van der Waals surface area contributed by atoms with Gasteiger partial charge in [-0.2, -0.15) is 0 Å². The van der Waals surface area contributed by atoms with Gasteiger partial charge in [-0.1, -0.05) is 46.8 Å². The summed E-state index contributed by atoms with van der Waals surface area (Å²) >= 11 is 0. The summed E-state index contributed by atoms with van der Waals surface area (Å²) in [6.07, 6.45) is 0.972. The minimum absolute atomic E-state index is 0.166. The molecule has 0 fully saturated rings. The third-order valence-electron chi connectivity index (χ3n) is 2.01. The lowest BCUT2D eigenvalue weighted by Gasteiger charge is -2.13. The standard InChI is InChI=1S/C10H14FN.2C2H6/c1-3-10(12-2)8-5-4-6-9(11)7-8;2*1-2/h4-7,10,12H,3H2,1-2H3;2*1-2H3. The van der Waals surface area contributed by atoms with Gasteiger partial charge >= 0.3 is 0 Å². The molecule has 0 aliphatic rings. The largest absolute Gasteiger partial charge is 0.313 e. The lowest BCUT2D eigenvalue weighted by atomic mass is 10.1. The Morgan fingerprint density at radius 2 is 1.75 bits per heavy atom. The van der Waals surface area contributed by atoms with Gasteiger partial charge in [-0.15, -0.1) is 0 Å². The van der Waals surface area contributed by atoms with Crippen molar-refractivity contribution in [1.29, 1.82) is 0 Å². The first-order valence-electron chi connectivity index (χ1n) is 6.20. The molecular weight excluding hydrogens is 201 g/mol. The van der Waals surface area contributed by atoms with E-state index in [4.69, 9.17) is 0 Å². The fourth-order valence-corrected chi connectivity index (χ4v) is 1.33. The van der Waals surface area contributed by atoms with E-state index in [1.54, 1.807) is 12.1 Å². The minimum Gasteiger partial charge on any atom is -0.313 e. The van der Waals surface area contributed by atoms with Crippen molar-refractivity contribution < 1.29 is 4.39 Å². The molecule has 16 heavy (non-hydrogen) atoms. The van der Waals surface area contributed by atoms with Crippen LogP contribution in [-0.2, 0) is 0 Å². The van der Waals surface area contributed by atoms with Crippen LogP contribution in [0.15, 0.2) is 24.3 Å². The van der Waals surface area contributed by atoms with Gasteiger partial charge in [-0.05, 0) is 31.2 Å². The van der Waals surface area contributed by atoms with Gasteiger partial charge in [0.1, 0.15) is 5.82 Å². The summed E-state index contributed by atoms with van der Waals surface area (Å²) in [7, 11) is 1.89. The van der Waals surface area contributed by atoms with E-state index in [-0.39, 0.29) is 11.9 Å². The lowest BCUT2D eigenvalue weighted by molar-refractivity contribution is 0.565. The predicted molar refractivity (Wildman–Crippen MR) is 71.2 cm³/mol. The van der Waals surface area contributed by atoms with Gasteiger partial charge in [0.05, 0.1) is 0 Å². The first-order chi connectivity index (χ1) is 7.77. The normalized spacial score (nSPS) is 10.4. The fourth-order valence-electron chi connectivity index (χ4n) is 1.33. The van der Waals surface area contributed by atoms with E-state index >= 15 is 0 Å². The summed E-state index contributed by atoms with van der Waals surface area (Å²) < 4.78 is 12.8. The Kier molecular flexibility index (Phi) is 13.3. The third kappa shape index (κ3) is 6.57. The quantitative estimate of drug-likeness (QED) is 0.799. The van der Waals surface area contributed by atoms with Crippen molar-refractivity contribution in [2.75, 3.05) is 7.05 Å². The van der Waals surface area contributed by atoms with E-state index in [1.807, 2.05) is 40.8 Å². The molecule has 1 nitrogen and oxygen atoms in total. The second kappa shape index (κ2) is 12.2. The van der Waals surface area contributed by atoms with Gasteiger partial charge in [0, 0.05) is 6.04 Å². The van der Waals surface area contributed by atoms with Crippen molar-refractivity contribution in [3.05, 3.63) is 35.6 Å². The first kappa shape index (κ1) is 17.5. The van der Waals surface area contributed by atoms with E-state index in [1.165, 1.54) is 6.07 Å². The number of benzene rings is 1. The van der Waals surface area contributed by atoms with Crippen LogP contribution in [0.3, 0.4) is 0 Å². The van der Waals surface area contributed by atoms with Crippen LogP contribution in [-0.4, -0.2) is 7.05 Å². The first-order valence-corrected chi connectivity index (χ1v) is 6.20. The van der Waals surface area contributed by atoms with Gasteiger partial charge in [0.15, 0.2) is 0 Å². The molecule has 0 heterocycles. The van der Waals surface area contributed by atoms with Crippen LogP contribution in [0.5, 0.6) is 0 Å². The highest BCUT2D eigenvalue weighted by molar-refractivity contribution is 5.19. The Bertz CT molecular complexity index is 244. The smallest absolute Gasteiger partial charge is 0.123 e.